The molecule has 0 aliphatic rings. The van der Waals surface area contributed by atoms with Gasteiger partial charge >= 0.3 is 0 Å². The van der Waals surface area contributed by atoms with E-state index >= 15 is 0 Å². The zero-order valence-corrected chi connectivity index (χ0v) is 10.9. The molecule has 0 unspecified atom stereocenters. The Labute approximate surface area is 101 Å². The summed E-state index contributed by atoms with van der Waals surface area (Å²) >= 11 is 0. The molecule has 0 aliphatic carbocycles. The SMILES string of the molecule is CP(C)(=O)c1cnccc1C(N)=O.Cl.Cl. The van der Waals surface area contributed by atoms with E-state index in [1.54, 1.807) is 13.3 Å². The topological polar surface area (TPSA) is 73.1 Å². The van der Waals surface area contributed by atoms with Crippen LogP contribution in [0.15, 0.2) is 18.5 Å². The molecule has 1 rings (SSSR count). The summed E-state index contributed by atoms with van der Waals surface area (Å²) in [5, 5.41) is 0.447. The molecule has 0 spiro atoms. The Morgan fingerprint density at radius 1 is 1.40 bits per heavy atom. The molecule has 0 saturated carbocycles. The fourth-order valence-corrected chi connectivity index (χ4v) is 2.13. The summed E-state index contributed by atoms with van der Waals surface area (Å²) < 4.78 is 11.7. The molecule has 0 aromatic carbocycles. The molecule has 1 heterocycles. The molecule has 0 bridgehead atoms. The van der Waals surface area contributed by atoms with Crippen molar-refractivity contribution in [1.29, 1.82) is 0 Å². The second kappa shape index (κ2) is 6.11. The average Bonchev–Trinajstić information content (AvgIpc) is 2.03. The molecule has 1 aromatic rings. The van der Waals surface area contributed by atoms with Gasteiger partial charge in [-0.3, -0.25) is 9.78 Å². The third-order valence-electron chi connectivity index (χ3n) is 1.65. The van der Waals surface area contributed by atoms with Crippen LogP contribution < -0.4 is 11.0 Å². The number of amides is 1. The lowest BCUT2D eigenvalue weighted by Gasteiger charge is -2.09. The number of rotatable bonds is 2. The highest BCUT2D eigenvalue weighted by atomic mass is 35.5. The fraction of sp³-hybridized carbons (Fsp3) is 0.250. The van der Waals surface area contributed by atoms with E-state index in [0.29, 0.717) is 10.9 Å². The normalized spacial score (nSPS) is 9.73. The van der Waals surface area contributed by atoms with Crippen molar-refractivity contribution >= 4 is 43.2 Å². The Morgan fingerprint density at radius 2 is 1.93 bits per heavy atom. The van der Waals surface area contributed by atoms with Crippen molar-refractivity contribution < 1.29 is 9.36 Å². The van der Waals surface area contributed by atoms with Crippen molar-refractivity contribution in [3.63, 3.8) is 0 Å². The molecule has 2 N–H and O–H groups in total. The van der Waals surface area contributed by atoms with Crippen molar-refractivity contribution in [3.8, 4) is 0 Å². The standard InChI is InChI=1S/C8H11N2O2P.2ClH/c1-13(2,12)7-5-10-4-3-6(7)8(9)11;;/h3-5H,1-2H3,(H2,9,11);2*1H. The van der Waals surface area contributed by atoms with Crippen LogP contribution in [0.4, 0.5) is 0 Å². The molecule has 86 valence electrons. The number of nitrogens with zero attached hydrogens (tertiary/aromatic N) is 1. The Hall–Kier alpha value is -0.570. The van der Waals surface area contributed by atoms with Gasteiger partial charge in [0.1, 0.15) is 7.14 Å². The van der Waals surface area contributed by atoms with E-state index in [1.807, 2.05) is 0 Å². The predicted molar refractivity (Wildman–Crippen MR) is 66.3 cm³/mol. The summed E-state index contributed by atoms with van der Waals surface area (Å²) in [4.78, 5) is 14.8. The third-order valence-corrected chi connectivity index (χ3v) is 3.16. The van der Waals surface area contributed by atoms with E-state index in [0.717, 1.165) is 0 Å². The number of primary amides is 1. The summed E-state index contributed by atoms with van der Waals surface area (Å²) in [6.45, 7) is 3.16. The van der Waals surface area contributed by atoms with Gasteiger partial charge in [0.05, 0.1) is 5.56 Å². The Bertz CT molecular complexity index is 392. The first-order valence-electron chi connectivity index (χ1n) is 3.72. The zero-order chi connectivity index (χ0) is 10.1. The lowest BCUT2D eigenvalue weighted by atomic mass is 10.2. The molecule has 1 amide bonds. The van der Waals surface area contributed by atoms with Crippen molar-refractivity contribution in [2.75, 3.05) is 13.3 Å². The highest BCUT2D eigenvalue weighted by Crippen LogP contribution is 2.35. The highest BCUT2D eigenvalue weighted by Gasteiger charge is 2.18. The number of hydrogen-bond donors (Lipinski definition) is 1. The minimum Gasteiger partial charge on any atom is -0.366 e. The van der Waals surface area contributed by atoms with Crippen LogP contribution in [0.2, 0.25) is 0 Å². The maximum absolute atomic E-state index is 11.7. The van der Waals surface area contributed by atoms with E-state index in [9.17, 15) is 9.36 Å². The number of pyridine rings is 1. The Morgan fingerprint density at radius 3 is 2.27 bits per heavy atom. The van der Waals surface area contributed by atoms with Gasteiger partial charge in [0, 0.05) is 17.7 Å². The molecule has 0 aliphatic heterocycles. The predicted octanol–water partition coefficient (Wildman–Crippen LogP) is 1.27. The molecule has 7 heteroatoms. The zero-order valence-electron chi connectivity index (χ0n) is 8.34. The van der Waals surface area contributed by atoms with Gasteiger partial charge in [0.25, 0.3) is 0 Å². The second-order valence-corrected chi connectivity index (χ2v) is 6.29. The molecular weight excluding hydrogens is 258 g/mol. The largest absolute Gasteiger partial charge is 0.366 e. The molecular formula is C8H13Cl2N2O2P. The Balaban J connectivity index is 0. The van der Waals surface area contributed by atoms with Crippen LogP contribution >= 0.6 is 32.0 Å². The van der Waals surface area contributed by atoms with Crippen LogP contribution in [0.5, 0.6) is 0 Å². The van der Waals surface area contributed by atoms with E-state index < -0.39 is 13.0 Å². The van der Waals surface area contributed by atoms with Gasteiger partial charge in [0.15, 0.2) is 0 Å². The summed E-state index contributed by atoms with van der Waals surface area (Å²) in [7, 11) is -2.47. The summed E-state index contributed by atoms with van der Waals surface area (Å²) in [6.07, 6.45) is 2.89. The molecule has 0 radical (unpaired) electrons. The first-order chi connectivity index (χ1) is 5.93. The monoisotopic (exact) mass is 270 g/mol. The van der Waals surface area contributed by atoms with Gasteiger partial charge < -0.3 is 10.3 Å². The van der Waals surface area contributed by atoms with Crippen molar-refractivity contribution in [2.45, 2.75) is 0 Å². The first-order valence-corrected chi connectivity index (χ1v) is 6.32. The maximum Gasteiger partial charge on any atom is 0.249 e. The number of halogens is 2. The van der Waals surface area contributed by atoms with Crippen LogP contribution in [0.3, 0.4) is 0 Å². The highest BCUT2D eigenvalue weighted by molar-refractivity contribution is 7.70. The van der Waals surface area contributed by atoms with E-state index in [-0.39, 0.29) is 24.8 Å². The maximum atomic E-state index is 11.7. The number of carbonyl (C=O) groups excluding carboxylic acids is 1. The molecule has 4 nitrogen and oxygen atoms in total. The van der Waals surface area contributed by atoms with E-state index in [2.05, 4.69) is 4.98 Å². The summed E-state index contributed by atoms with van der Waals surface area (Å²) in [6, 6.07) is 1.48. The van der Waals surface area contributed by atoms with Crippen LogP contribution in [0, 0.1) is 0 Å². The van der Waals surface area contributed by atoms with Crippen LogP contribution in [0.1, 0.15) is 10.4 Å². The molecule has 0 saturated heterocycles. The summed E-state index contributed by atoms with van der Waals surface area (Å²) in [5.41, 5.74) is 5.42. The van der Waals surface area contributed by atoms with E-state index in [1.165, 1.54) is 18.5 Å². The average molecular weight is 271 g/mol. The minimum atomic E-state index is -2.47. The van der Waals surface area contributed by atoms with Crippen LogP contribution in [-0.2, 0) is 4.57 Å². The number of hydrogen-bond acceptors (Lipinski definition) is 3. The molecule has 15 heavy (non-hydrogen) atoms. The van der Waals surface area contributed by atoms with E-state index in [4.69, 9.17) is 5.73 Å². The quantitative estimate of drug-likeness (QED) is 0.823. The molecule has 1 aromatic heterocycles. The van der Waals surface area contributed by atoms with Gasteiger partial charge in [-0.2, -0.15) is 0 Å². The second-order valence-electron chi connectivity index (χ2n) is 3.11. The van der Waals surface area contributed by atoms with Crippen LogP contribution in [0.25, 0.3) is 0 Å². The van der Waals surface area contributed by atoms with Crippen molar-refractivity contribution in [1.82, 2.24) is 4.98 Å². The summed E-state index contributed by atoms with van der Waals surface area (Å²) in [5.74, 6) is -0.568. The minimum absolute atomic E-state index is 0. The lowest BCUT2D eigenvalue weighted by molar-refractivity contribution is 0.100. The van der Waals surface area contributed by atoms with Crippen molar-refractivity contribution in [2.24, 2.45) is 5.73 Å². The van der Waals surface area contributed by atoms with Crippen molar-refractivity contribution in [3.05, 3.63) is 24.0 Å². The number of aromatic nitrogens is 1. The van der Waals surface area contributed by atoms with Gasteiger partial charge in [-0.05, 0) is 19.4 Å². The molecule has 0 fully saturated rings. The van der Waals surface area contributed by atoms with Crippen LogP contribution in [-0.4, -0.2) is 24.2 Å². The van der Waals surface area contributed by atoms with Gasteiger partial charge in [-0.1, -0.05) is 0 Å². The number of carbonyl (C=O) groups is 1. The first kappa shape index (κ1) is 16.8. The number of nitrogens with two attached hydrogens (primary N) is 1. The van der Waals surface area contributed by atoms with Gasteiger partial charge in [-0.25, -0.2) is 0 Å². The fourth-order valence-electron chi connectivity index (χ4n) is 1.02. The lowest BCUT2D eigenvalue weighted by Crippen LogP contribution is -2.21. The third kappa shape index (κ3) is 4.20. The smallest absolute Gasteiger partial charge is 0.249 e. The Kier molecular flexibility index (Phi) is 6.86. The van der Waals surface area contributed by atoms with Gasteiger partial charge in [0.2, 0.25) is 5.91 Å². The molecule has 0 atom stereocenters. The van der Waals surface area contributed by atoms with Gasteiger partial charge in [-0.15, -0.1) is 24.8 Å².